The van der Waals surface area contributed by atoms with Crippen molar-refractivity contribution in [2.45, 2.75) is 136 Å². The third-order valence-electron chi connectivity index (χ3n) is 6.77. The van der Waals surface area contributed by atoms with Crippen LogP contribution in [0.1, 0.15) is 106 Å². The quantitative estimate of drug-likeness (QED) is 0.157. The first-order valence-corrected chi connectivity index (χ1v) is 16.6. The first kappa shape index (κ1) is 43.4. The molecule has 11 heteroatoms. The number of carbonyl (C=O) groups excluding carboxylic acids is 2. The van der Waals surface area contributed by atoms with Crippen LogP contribution >= 0.6 is 0 Å². The van der Waals surface area contributed by atoms with Gasteiger partial charge in [-0.2, -0.15) is 0 Å². The minimum atomic E-state index is -0.481. The highest BCUT2D eigenvalue weighted by Gasteiger charge is 2.27. The van der Waals surface area contributed by atoms with Crippen LogP contribution in [0.25, 0.3) is 0 Å². The van der Waals surface area contributed by atoms with E-state index in [2.05, 4.69) is 10.6 Å². The number of rotatable bonds is 14. The van der Waals surface area contributed by atoms with Crippen LogP contribution in [0.3, 0.4) is 0 Å². The summed E-state index contributed by atoms with van der Waals surface area (Å²) in [6.45, 7) is 16.0. The number of amides is 2. The molecular formula is C35H64N2O9. The van der Waals surface area contributed by atoms with Crippen molar-refractivity contribution in [1.82, 2.24) is 10.6 Å². The number of aliphatic hydroxyl groups excluding tert-OH is 3. The standard InChI is InChI=1S/C17H33NO4.C17H27NO4.CH4O/c2*1-13(12-19)21-15-10-6-5-8-14(15)9-7-11-18-16(20)22-17(2,3)4;1-2/h13-15,19H,5-12H2,1-4H3,(H,18,20);5-6,8,10,13,19H,7,9,11-12H2,1-4H3,(H,18,20);2H,1H3/t13-,14?,15?;13-;/m11./s1. The SMILES string of the molecule is CO.C[C@H](CO)OC1CCCCC1CCCNC(=O)OC(C)(C)C.C[C@H](CO)Oc1ccccc1CCCNC(=O)OC(C)(C)C. The number of benzene rings is 1. The van der Waals surface area contributed by atoms with E-state index in [4.69, 9.17) is 34.3 Å². The summed E-state index contributed by atoms with van der Waals surface area (Å²) in [6, 6.07) is 7.74. The molecule has 11 nitrogen and oxygen atoms in total. The van der Waals surface area contributed by atoms with Crippen LogP contribution in [0.4, 0.5) is 9.59 Å². The van der Waals surface area contributed by atoms with Gasteiger partial charge in [0.2, 0.25) is 0 Å². The first-order valence-electron chi connectivity index (χ1n) is 16.6. The highest BCUT2D eigenvalue weighted by atomic mass is 16.6. The molecule has 2 rings (SSSR count). The lowest BCUT2D eigenvalue weighted by Crippen LogP contribution is -2.34. The van der Waals surface area contributed by atoms with Crippen LogP contribution in [0.5, 0.6) is 5.75 Å². The second-order valence-corrected chi connectivity index (χ2v) is 13.5. The lowest BCUT2D eigenvalue weighted by molar-refractivity contribution is -0.0720. The molecule has 0 aromatic heterocycles. The van der Waals surface area contributed by atoms with Gasteiger partial charge < -0.3 is 44.9 Å². The average Bonchev–Trinajstić information content (AvgIpc) is 2.98. The summed E-state index contributed by atoms with van der Waals surface area (Å²) in [5.74, 6) is 1.31. The molecule has 1 aromatic carbocycles. The molecular weight excluding hydrogens is 592 g/mol. The van der Waals surface area contributed by atoms with Crippen LogP contribution in [0.15, 0.2) is 24.3 Å². The minimum Gasteiger partial charge on any atom is -0.488 e. The predicted molar refractivity (Wildman–Crippen MR) is 181 cm³/mol. The van der Waals surface area contributed by atoms with E-state index in [1.807, 2.05) is 79.7 Å². The normalized spacial score (nSPS) is 17.6. The molecule has 1 aromatic rings. The summed E-state index contributed by atoms with van der Waals surface area (Å²) in [5, 5.41) is 30.7. The van der Waals surface area contributed by atoms with Gasteiger partial charge in [-0.3, -0.25) is 0 Å². The number of aryl methyl sites for hydroxylation is 1. The minimum absolute atomic E-state index is 0.0193. The Morgan fingerprint density at radius 1 is 0.826 bits per heavy atom. The predicted octanol–water partition coefficient (Wildman–Crippen LogP) is 5.76. The molecule has 2 unspecified atom stereocenters. The molecule has 1 saturated carbocycles. The monoisotopic (exact) mass is 656 g/mol. The maximum absolute atomic E-state index is 11.6. The van der Waals surface area contributed by atoms with Crippen LogP contribution < -0.4 is 15.4 Å². The van der Waals surface area contributed by atoms with Crippen LogP contribution in [0, 0.1) is 5.92 Å². The smallest absolute Gasteiger partial charge is 0.407 e. The fourth-order valence-corrected chi connectivity index (χ4v) is 4.76. The van der Waals surface area contributed by atoms with Gasteiger partial charge in [0, 0.05) is 20.2 Å². The van der Waals surface area contributed by atoms with E-state index in [0.29, 0.717) is 19.0 Å². The second kappa shape index (κ2) is 23.7. The number of aliphatic hydroxyl groups is 3. The topological polar surface area (TPSA) is 156 Å². The Labute approximate surface area is 277 Å². The van der Waals surface area contributed by atoms with E-state index >= 15 is 0 Å². The Balaban J connectivity index is 0.000000835. The number of hydrogen-bond acceptors (Lipinski definition) is 9. The largest absolute Gasteiger partial charge is 0.488 e. The zero-order valence-electron chi connectivity index (χ0n) is 29.9. The maximum atomic E-state index is 11.6. The van der Waals surface area contributed by atoms with E-state index in [0.717, 1.165) is 50.5 Å². The summed E-state index contributed by atoms with van der Waals surface area (Å²) < 4.78 is 22.0. The molecule has 5 N–H and O–H groups in total. The van der Waals surface area contributed by atoms with Crippen molar-refractivity contribution in [3.8, 4) is 5.75 Å². The van der Waals surface area contributed by atoms with E-state index < -0.39 is 17.3 Å². The molecule has 1 aliphatic rings. The Morgan fingerprint density at radius 3 is 1.89 bits per heavy atom. The van der Waals surface area contributed by atoms with E-state index in [-0.39, 0.29) is 37.6 Å². The molecule has 2 amide bonds. The van der Waals surface area contributed by atoms with Crippen molar-refractivity contribution >= 4 is 12.2 Å². The molecule has 1 aliphatic carbocycles. The van der Waals surface area contributed by atoms with Gasteiger partial charge in [0.25, 0.3) is 0 Å². The van der Waals surface area contributed by atoms with Gasteiger partial charge in [-0.25, -0.2) is 9.59 Å². The van der Waals surface area contributed by atoms with Crippen molar-refractivity contribution in [2.24, 2.45) is 5.92 Å². The highest BCUT2D eigenvalue weighted by Crippen LogP contribution is 2.31. The zero-order chi connectivity index (χ0) is 35.2. The molecule has 0 saturated heterocycles. The molecule has 268 valence electrons. The summed E-state index contributed by atoms with van der Waals surface area (Å²) in [4.78, 5) is 23.1. The van der Waals surface area contributed by atoms with Gasteiger partial charge in [0.15, 0.2) is 0 Å². The first-order chi connectivity index (χ1) is 21.6. The Morgan fingerprint density at radius 2 is 1.35 bits per heavy atom. The van der Waals surface area contributed by atoms with Gasteiger partial charge >= 0.3 is 12.2 Å². The summed E-state index contributed by atoms with van der Waals surface area (Å²) in [5.41, 5.74) is 0.131. The number of alkyl carbamates (subject to hydrolysis) is 2. The molecule has 0 heterocycles. The third-order valence-corrected chi connectivity index (χ3v) is 6.77. The van der Waals surface area contributed by atoms with Gasteiger partial charge in [-0.1, -0.05) is 31.0 Å². The summed E-state index contributed by atoms with van der Waals surface area (Å²) in [7, 11) is 1.00. The molecule has 0 bridgehead atoms. The average molecular weight is 657 g/mol. The van der Waals surface area contributed by atoms with Crippen molar-refractivity contribution < 1.29 is 43.9 Å². The molecule has 46 heavy (non-hydrogen) atoms. The molecule has 0 aliphatic heterocycles. The Hall–Kier alpha value is -2.60. The number of hydrogen-bond donors (Lipinski definition) is 5. The van der Waals surface area contributed by atoms with Gasteiger partial charge in [0.1, 0.15) is 23.1 Å². The lowest BCUT2D eigenvalue weighted by atomic mass is 9.83. The highest BCUT2D eigenvalue weighted by molar-refractivity contribution is 5.67. The second-order valence-electron chi connectivity index (χ2n) is 13.5. The van der Waals surface area contributed by atoms with Crippen molar-refractivity contribution in [3.63, 3.8) is 0 Å². The van der Waals surface area contributed by atoms with Crippen molar-refractivity contribution in [2.75, 3.05) is 33.4 Å². The number of para-hydroxylation sites is 1. The van der Waals surface area contributed by atoms with Crippen molar-refractivity contribution in [3.05, 3.63) is 29.8 Å². The van der Waals surface area contributed by atoms with Crippen LogP contribution in [0.2, 0.25) is 0 Å². The number of nitrogens with one attached hydrogen (secondary N) is 2. The summed E-state index contributed by atoms with van der Waals surface area (Å²) >= 11 is 0. The van der Waals surface area contributed by atoms with Gasteiger partial charge in [0.05, 0.1) is 25.4 Å². The van der Waals surface area contributed by atoms with E-state index in [9.17, 15) is 9.59 Å². The zero-order valence-corrected chi connectivity index (χ0v) is 29.9. The Bertz CT molecular complexity index is 947. The molecule has 0 spiro atoms. The fourth-order valence-electron chi connectivity index (χ4n) is 4.76. The van der Waals surface area contributed by atoms with E-state index in [1.54, 1.807) is 0 Å². The fraction of sp³-hybridized carbons (Fsp3) is 0.771. The third kappa shape index (κ3) is 22.0. The maximum Gasteiger partial charge on any atom is 0.407 e. The number of carbonyl (C=O) groups is 2. The van der Waals surface area contributed by atoms with Gasteiger partial charge in [-0.15, -0.1) is 0 Å². The van der Waals surface area contributed by atoms with E-state index in [1.165, 1.54) is 19.3 Å². The lowest BCUT2D eigenvalue weighted by Gasteiger charge is -2.33. The summed E-state index contributed by atoms with van der Waals surface area (Å²) in [6.07, 6.45) is 7.41. The molecule has 4 atom stereocenters. The Kier molecular flexibility index (Phi) is 22.3. The molecule has 0 radical (unpaired) electrons. The van der Waals surface area contributed by atoms with Crippen LogP contribution in [-0.4, -0.2) is 90.4 Å². The van der Waals surface area contributed by atoms with Gasteiger partial charge in [-0.05, 0) is 111 Å². The van der Waals surface area contributed by atoms with Crippen molar-refractivity contribution in [1.29, 1.82) is 0 Å². The van der Waals surface area contributed by atoms with Crippen LogP contribution in [-0.2, 0) is 20.6 Å². The molecule has 1 fully saturated rings. The number of ether oxygens (including phenoxy) is 4.